The van der Waals surface area contributed by atoms with Crippen LogP contribution in [0.1, 0.15) is 11.4 Å². The lowest BCUT2D eigenvalue weighted by molar-refractivity contribution is -0.144. The first-order valence-corrected chi connectivity index (χ1v) is 9.41. The van der Waals surface area contributed by atoms with Crippen molar-refractivity contribution in [3.05, 3.63) is 44.7 Å². The van der Waals surface area contributed by atoms with Crippen molar-refractivity contribution in [3.8, 4) is 0 Å². The average molecular weight is 435 g/mol. The summed E-state index contributed by atoms with van der Waals surface area (Å²) in [6.45, 7) is 3.23. The Morgan fingerprint density at radius 1 is 1.04 bits per heavy atom. The number of hydrogen-bond acceptors (Lipinski definition) is 6. The van der Waals surface area contributed by atoms with E-state index in [0.29, 0.717) is 5.16 Å². The number of thioether (sulfide) groups is 1. The largest absolute Gasteiger partial charge is 0.455 e. The zero-order valence-electron chi connectivity index (χ0n) is 13.8. The Morgan fingerprint density at radius 3 is 2.31 bits per heavy atom. The van der Waals surface area contributed by atoms with Crippen molar-refractivity contribution in [2.45, 2.75) is 19.0 Å². The van der Waals surface area contributed by atoms with E-state index in [1.165, 1.54) is 12.1 Å². The molecule has 2 rings (SSSR count). The summed E-state index contributed by atoms with van der Waals surface area (Å²) in [6, 6.07) is 4.66. The van der Waals surface area contributed by atoms with Crippen molar-refractivity contribution >= 4 is 64.1 Å². The number of rotatable bonds is 6. The van der Waals surface area contributed by atoms with Gasteiger partial charge in [-0.15, -0.1) is 0 Å². The molecule has 138 valence electrons. The molecule has 0 saturated carbocycles. The number of aromatic nitrogens is 2. The van der Waals surface area contributed by atoms with Crippen LogP contribution in [0, 0.1) is 13.8 Å². The molecule has 0 radical (unpaired) electrons. The molecule has 6 nitrogen and oxygen atoms in total. The molecule has 1 heterocycles. The van der Waals surface area contributed by atoms with Crippen LogP contribution in [0.25, 0.3) is 0 Å². The maximum atomic E-state index is 11.9. The minimum absolute atomic E-state index is 0.0102. The molecule has 1 amide bonds. The number of hydrogen-bond donors (Lipinski definition) is 1. The molecule has 0 bridgehead atoms. The summed E-state index contributed by atoms with van der Waals surface area (Å²) >= 11 is 18.8. The number of esters is 1. The molecule has 0 aliphatic carbocycles. The highest BCUT2D eigenvalue weighted by molar-refractivity contribution is 7.99. The van der Waals surface area contributed by atoms with Gasteiger partial charge in [-0.1, -0.05) is 46.6 Å². The average Bonchev–Trinajstić information content (AvgIpc) is 2.55. The summed E-state index contributed by atoms with van der Waals surface area (Å²) in [7, 11) is 0. The molecular formula is C16H14Cl3N3O3S. The molecule has 26 heavy (non-hydrogen) atoms. The molecule has 10 heteroatoms. The quantitative estimate of drug-likeness (QED) is 0.315. The number of anilines is 1. The number of halogens is 3. The molecular weight excluding hydrogens is 421 g/mol. The fourth-order valence-corrected chi connectivity index (χ4v) is 3.22. The van der Waals surface area contributed by atoms with Gasteiger partial charge in [0.2, 0.25) is 0 Å². The van der Waals surface area contributed by atoms with Gasteiger partial charge in [-0.2, -0.15) is 0 Å². The van der Waals surface area contributed by atoms with E-state index in [1.54, 1.807) is 0 Å². The second-order valence-corrected chi connectivity index (χ2v) is 7.34. The first-order chi connectivity index (χ1) is 12.2. The van der Waals surface area contributed by atoms with Crippen LogP contribution in [0.15, 0.2) is 23.4 Å². The van der Waals surface area contributed by atoms with E-state index in [9.17, 15) is 9.59 Å². The summed E-state index contributed by atoms with van der Waals surface area (Å²) in [5, 5.41) is 3.72. The molecule has 0 atom stereocenters. The van der Waals surface area contributed by atoms with Gasteiger partial charge in [0, 0.05) is 11.4 Å². The molecule has 0 saturated heterocycles. The number of carbonyl (C=O) groups excluding carboxylic acids is 2. The predicted molar refractivity (Wildman–Crippen MR) is 103 cm³/mol. The Kier molecular flexibility index (Phi) is 7.52. The first-order valence-electron chi connectivity index (χ1n) is 7.29. The van der Waals surface area contributed by atoms with Gasteiger partial charge in [-0.05, 0) is 32.0 Å². The van der Waals surface area contributed by atoms with Crippen LogP contribution in [-0.4, -0.2) is 34.2 Å². The smallest absolute Gasteiger partial charge is 0.316 e. The molecule has 2 aromatic rings. The maximum Gasteiger partial charge on any atom is 0.316 e. The van der Waals surface area contributed by atoms with E-state index in [4.69, 9.17) is 39.5 Å². The zero-order valence-corrected chi connectivity index (χ0v) is 16.9. The lowest BCUT2D eigenvalue weighted by Gasteiger charge is -2.09. The highest BCUT2D eigenvalue weighted by Crippen LogP contribution is 2.32. The third-order valence-electron chi connectivity index (χ3n) is 2.93. The number of nitrogens with zero attached hydrogens (tertiary/aromatic N) is 2. The van der Waals surface area contributed by atoms with Gasteiger partial charge in [0.1, 0.15) is 0 Å². The molecule has 0 unspecified atom stereocenters. The summed E-state index contributed by atoms with van der Waals surface area (Å²) < 4.78 is 4.92. The van der Waals surface area contributed by atoms with Gasteiger partial charge in [0.15, 0.2) is 11.8 Å². The van der Waals surface area contributed by atoms with Crippen LogP contribution >= 0.6 is 46.6 Å². The number of nitrogens with one attached hydrogen (secondary N) is 1. The third kappa shape index (κ3) is 6.32. The van der Waals surface area contributed by atoms with E-state index in [-0.39, 0.29) is 26.5 Å². The normalized spacial score (nSPS) is 10.5. The highest BCUT2D eigenvalue weighted by Gasteiger charge is 2.13. The molecule has 0 spiro atoms. The number of benzene rings is 1. The van der Waals surface area contributed by atoms with Crippen molar-refractivity contribution in [1.29, 1.82) is 0 Å². The number of carbonyl (C=O) groups is 2. The molecule has 1 aromatic carbocycles. The SMILES string of the molecule is Cc1cc(C)nc(SCC(=O)OCC(=O)Nc2cc(Cl)c(Cl)cc2Cl)n1. The summed E-state index contributed by atoms with van der Waals surface area (Å²) in [5.41, 5.74) is 1.90. The molecule has 0 aliphatic rings. The summed E-state index contributed by atoms with van der Waals surface area (Å²) in [5.74, 6) is -1.12. The Hall–Kier alpha value is -1.54. The van der Waals surface area contributed by atoms with Gasteiger partial charge < -0.3 is 10.1 Å². The van der Waals surface area contributed by atoms with Crippen LogP contribution in [-0.2, 0) is 14.3 Å². The second kappa shape index (κ2) is 9.41. The molecule has 0 fully saturated rings. The van der Waals surface area contributed by atoms with Gasteiger partial charge in [0.25, 0.3) is 5.91 Å². The molecule has 0 aliphatic heterocycles. The van der Waals surface area contributed by atoms with Crippen molar-refractivity contribution in [2.24, 2.45) is 0 Å². The predicted octanol–water partition coefficient (Wildman–Crippen LogP) is 4.33. The lowest BCUT2D eigenvalue weighted by Crippen LogP contribution is -2.21. The van der Waals surface area contributed by atoms with Gasteiger partial charge in [-0.25, -0.2) is 9.97 Å². The zero-order chi connectivity index (χ0) is 19.3. The maximum absolute atomic E-state index is 11.9. The minimum Gasteiger partial charge on any atom is -0.455 e. The third-order valence-corrected chi connectivity index (χ3v) is 4.78. The monoisotopic (exact) mass is 433 g/mol. The van der Waals surface area contributed by atoms with Crippen molar-refractivity contribution < 1.29 is 14.3 Å². The van der Waals surface area contributed by atoms with E-state index < -0.39 is 18.5 Å². The Morgan fingerprint density at radius 2 is 1.65 bits per heavy atom. The minimum atomic E-state index is -0.562. The Bertz CT molecular complexity index is 829. The van der Waals surface area contributed by atoms with Gasteiger partial charge in [0.05, 0.1) is 26.5 Å². The van der Waals surface area contributed by atoms with Crippen molar-refractivity contribution in [2.75, 3.05) is 17.7 Å². The Labute approximate surface area is 169 Å². The Balaban J connectivity index is 1.81. The first kappa shape index (κ1) is 20.8. The van der Waals surface area contributed by atoms with Crippen molar-refractivity contribution in [1.82, 2.24) is 9.97 Å². The van der Waals surface area contributed by atoms with Crippen LogP contribution in [0.4, 0.5) is 5.69 Å². The van der Waals surface area contributed by atoms with E-state index >= 15 is 0 Å². The van der Waals surface area contributed by atoms with Gasteiger partial charge in [-0.3, -0.25) is 9.59 Å². The van der Waals surface area contributed by atoms with E-state index in [1.807, 2.05) is 19.9 Å². The molecule has 1 aromatic heterocycles. The van der Waals surface area contributed by atoms with Crippen molar-refractivity contribution in [3.63, 3.8) is 0 Å². The van der Waals surface area contributed by atoms with Crippen LogP contribution in [0.3, 0.4) is 0 Å². The van der Waals surface area contributed by atoms with Gasteiger partial charge >= 0.3 is 5.97 Å². The van der Waals surface area contributed by atoms with E-state index in [0.717, 1.165) is 23.1 Å². The summed E-state index contributed by atoms with van der Waals surface area (Å²) in [6.07, 6.45) is 0. The number of amides is 1. The second-order valence-electron chi connectivity index (χ2n) is 5.18. The van der Waals surface area contributed by atoms with Crippen LogP contribution in [0.2, 0.25) is 15.1 Å². The highest BCUT2D eigenvalue weighted by atomic mass is 35.5. The topological polar surface area (TPSA) is 81.2 Å². The van der Waals surface area contributed by atoms with E-state index in [2.05, 4.69) is 15.3 Å². The summed E-state index contributed by atoms with van der Waals surface area (Å²) in [4.78, 5) is 32.1. The fraction of sp³-hybridized carbons (Fsp3) is 0.250. The standard InChI is InChI=1S/C16H14Cl3N3O3S/c1-8-3-9(2)21-16(20-8)26-7-15(24)25-6-14(23)22-13-5-11(18)10(17)4-12(13)19/h3-5H,6-7H2,1-2H3,(H,22,23). The molecule has 1 N–H and O–H groups in total. The number of aryl methyl sites for hydroxylation is 2. The van der Waals surface area contributed by atoms with Crippen LogP contribution < -0.4 is 5.32 Å². The van der Waals surface area contributed by atoms with Crippen LogP contribution in [0.5, 0.6) is 0 Å². The lowest BCUT2D eigenvalue weighted by atomic mass is 10.3. The number of ether oxygens (including phenoxy) is 1. The fourth-order valence-electron chi connectivity index (χ4n) is 1.87.